The van der Waals surface area contributed by atoms with Crippen molar-refractivity contribution in [2.75, 3.05) is 7.11 Å². The summed E-state index contributed by atoms with van der Waals surface area (Å²) in [5, 5.41) is 18.6. The number of aromatic hydroxyl groups is 1. The average molecular weight is 405 g/mol. The predicted molar refractivity (Wildman–Crippen MR) is 116 cm³/mol. The van der Waals surface area contributed by atoms with Crippen LogP contribution in [-0.2, 0) is 11.3 Å². The zero-order chi connectivity index (χ0) is 21.5. The molecule has 0 heterocycles. The maximum Gasteiger partial charge on any atom is 0.275 e. The molecular weight excluding hydrogens is 382 g/mol. The summed E-state index contributed by atoms with van der Waals surface area (Å²) in [6.07, 6.45) is 0.0418. The van der Waals surface area contributed by atoms with Crippen LogP contribution in [-0.4, -0.2) is 29.7 Å². The molecule has 154 valence electrons. The lowest BCUT2D eigenvalue weighted by Gasteiger charge is -2.08. The third-order valence-corrected chi connectivity index (χ3v) is 4.52. The van der Waals surface area contributed by atoms with Gasteiger partial charge in [0, 0.05) is 12.3 Å². The summed E-state index contributed by atoms with van der Waals surface area (Å²) in [5.74, 6) is -0.136. The van der Waals surface area contributed by atoms with E-state index in [0.717, 1.165) is 22.1 Å². The third kappa shape index (κ3) is 5.35. The van der Waals surface area contributed by atoms with Crippen molar-refractivity contribution in [3.05, 3.63) is 71.8 Å². The molecule has 3 aromatic rings. The Kier molecular flexibility index (Phi) is 6.64. The quantitative estimate of drug-likeness (QED) is 0.414. The van der Waals surface area contributed by atoms with Crippen LogP contribution >= 0.6 is 0 Å². The van der Waals surface area contributed by atoms with Crippen LogP contribution in [0.5, 0.6) is 11.5 Å². The highest BCUT2D eigenvalue weighted by molar-refractivity contribution is 6.03. The summed E-state index contributed by atoms with van der Waals surface area (Å²) in [5.41, 5.74) is 3.89. The van der Waals surface area contributed by atoms with Gasteiger partial charge in [0.2, 0.25) is 5.91 Å². The van der Waals surface area contributed by atoms with Crippen LogP contribution in [0.4, 0.5) is 0 Å². The molecule has 2 amide bonds. The van der Waals surface area contributed by atoms with Gasteiger partial charge in [-0.25, -0.2) is 5.43 Å². The van der Waals surface area contributed by atoms with Gasteiger partial charge in [0.15, 0.2) is 0 Å². The summed E-state index contributed by atoms with van der Waals surface area (Å²) in [4.78, 5) is 24.5. The molecule has 0 fully saturated rings. The molecular formula is C23H23N3O4. The minimum absolute atomic E-state index is 0.0418. The Morgan fingerprint density at radius 3 is 2.37 bits per heavy atom. The minimum Gasteiger partial charge on any atom is -0.507 e. The number of phenols is 1. The number of fused-ring (bicyclic) bond motifs is 1. The maximum absolute atomic E-state index is 12.4. The van der Waals surface area contributed by atoms with Gasteiger partial charge in [-0.1, -0.05) is 36.4 Å². The van der Waals surface area contributed by atoms with Crippen LogP contribution in [0, 0.1) is 0 Å². The molecule has 0 unspecified atom stereocenters. The lowest BCUT2D eigenvalue weighted by molar-refractivity contribution is -0.120. The summed E-state index contributed by atoms with van der Waals surface area (Å²) < 4.78 is 5.10. The molecule has 7 nitrogen and oxygen atoms in total. The Bertz CT molecular complexity index is 1090. The van der Waals surface area contributed by atoms with Crippen LogP contribution < -0.4 is 15.5 Å². The molecule has 0 saturated heterocycles. The van der Waals surface area contributed by atoms with E-state index in [1.807, 2.05) is 48.5 Å². The van der Waals surface area contributed by atoms with Crippen LogP contribution in [0.1, 0.15) is 29.3 Å². The average Bonchev–Trinajstić information content (AvgIpc) is 2.76. The molecule has 0 spiro atoms. The number of benzene rings is 3. The van der Waals surface area contributed by atoms with E-state index in [2.05, 4.69) is 15.8 Å². The second-order valence-corrected chi connectivity index (χ2v) is 6.81. The number of nitrogens with zero attached hydrogens (tertiary/aromatic N) is 1. The van der Waals surface area contributed by atoms with E-state index in [9.17, 15) is 14.7 Å². The second kappa shape index (κ2) is 9.56. The van der Waals surface area contributed by atoms with Crippen LogP contribution in [0.15, 0.2) is 65.8 Å². The molecule has 0 radical (unpaired) electrons. The third-order valence-electron chi connectivity index (χ3n) is 4.52. The van der Waals surface area contributed by atoms with Crippen molar-refractivity contribution in [1.82, 2.24) is 10.7 Å². The molecule has 3 rings (SSSR count). The number of hydrogen-bond acceptors (Lipinski definition) is 5. The fourth-order valence-corrected chi connectivity index (χ4v) is 2.89. The first-order valence-corrected chi connectivity index (χ1v) is 9.41. The monoisotopic (exact) mass is 405 g/mol. The highest BCUT2D eigenvalue weighted by atomic mass is 16.5. The smallest absolute Gasteiger partial charge is 0.275 e. The number of amides is 2. The van der Waals surface area contributed by atoms with Crippen molar-refractivity contribution in [3.8, 4) is 11.5 Å². The fourth-order valence-electron chi connectivity index (χ4n) is 2.89. The highest BCUT2D eigenvalue weighted by Crippen LogP contribution is 2.24. The molecule has 3 N–H and O–H groups in total. The number of rotatable bonds is 7. The van der Waals surface area contributed by atoms with Gasteiger partial charge in [0.05, 0.1) is 19.1 Å². The molecule has 0 atom stereocenters. The Balaban J connectivity index is 1.54. The van der Waals surface area contributed by atoms with Crippen LogP contribution in [0.3, 0.4) is 0 Å². The molecule has 30 heavy (non-hydrogen) atoms. The Labute approximate surface area is 174 Å². The topological polar surface area (TPSA) is 100 Å². The minimum atomic E-state index is -0.545. The molecule has 0 bridgehead atoms. The Morgan fingerprint density at radius 1 is 1.03 bits per heavy atom. The van der Waals surface area contributed by atoms with E-state index in [4.69, 9.17) is 4.74 Å². The zero-order valence-corrected chi connectivity index (χ0v) is 16.8. The number of ether oxygens (including phenoxy) is 1. The van der Waals surface area contributed by atoms with E-state index in [1.165, 1.54) is 6.07 Å². The normalized spacial score (nSPS) is 11.2. The van der Waals surface area contributed by atoms with Gasteiger partial charge in [0.1, 0.15) is 11.5 Å². The van der Waals surface area contributed by atoms with E-state index in [-0.39, 0.29) is 23.6 Å². The van der Waals surface area contributed by atoms with Gasteiger partial charge < -0.3 is 15.2 Å². The molecule has 0 aromatic heterocycles. The van der Waals surface area contributed by atoms with Crippen molar-refractivity contribution in [2.24, 2.45) is 5.10 Å². The van der Waals surface area contributed by atoms with Crippen LogP contribution in [0.25, 0.3) is 10.8 Å². The lowest BCUT2D eigenvalue weighted by atomic mass is 10.1. The number of hydrogen-bond donors (Lipinski definition) is 3. The highest BCUT2D eigenvalue weighted by Gasteiger charge is 2.12. The van der Waals surface area contributed by atoms with Crippen LogP contribution in [0.2, 0.25) is 0 Å². The Morgan fingerprint density at radius 2 is 1.70 bits per heavy atom. The SMILES string of the molecule is COc1ccc(CNC(=O)C/C(C)=N\NC(=O)c2cc3ccccc3cc2O)cc1. The molecule has 0 aliphatic rings. The fraction of sp³-hybridized carbons (Fsp3) is 0.174. The molecule has 0 aliphatic carbocycles. The summed E-state index contributed by atoms with van der Waals surface area (Å²) in [6, 6.07) is 17.9. The van der Waals surface area contributed by atoms with Crippen molar-refractivity contribution in [1.29, 1.82) is 0 Å². The van der Waals surface area contributed by atoms with E-state index >= 15 is 0 Å². The first-order chi connectivity index (χ1) is 14.5. The molecule has 0 saturated carbocycles. The van der Waals surface area contributed by atoms with Crippen molar-refractivity contribution in [2.45, 2.75) is 19.9 Å². The van der Waals surface area contributed by atoms with Crippen molar-refractivity contribution in [3.63, 3.8) is 0 Å². The largest absolute Gasteiger partial charge is 0.507 e. The van der Waals surface area contributed by atoms with E-state index in [0.29, 0.717) is 12.3 Å². The zero-order valence-electron chi connectivity index (χ0n) is 16.8. The van der Waals surface area contributed by atoms with Crippen molar-refractivity contribution < 1.29 is 19.4 Å². The van der Waals surface area contributed by atoms with E-state index < -0.39 is 5.91 Å². The first-order valence-electron chi connectivity index (χ1n) is 9.41. The molecule has 3 aromatic carbocycles. The number of phenolic OH excluding ortho intramolecular Hbond substituents is 1. The number of hydrazone groups is 1. The summed E-state index contributed by atoms with van der Waals surface area (Å²) >= 11 is 0. The van der Waals surface area contributed by atoms with Gasteiger partial charge in [-0.2, -0.15) is 5.10 Å². The van der Waals surface area contributed by atoms with Gasteiger partial charge in [-0.15, -0.1) is 0 Å². The second-order valence-electron chi connectivity index (χ2n) is 6.81. The number of carbonyl (C=O) groups is 2. The standard InChI is InChI=1S/C23H23N3O4/c1-15(11-22(28)24-14-16-7-9-19(30-2)10-8-16)25-26-23(29)20-12-17-5-3-4-6-18(17)13-21(20)27/h3-10,12-13,27H,11,14H2,1-2H3,(H,24,28)(H,26,29)/b25-15-. The van der Waals surface area contributed by atoms with Gasteiger partial charge >= 0.3 is 0 Å². The van der Waals surface area contributed by atoms with Gasteiger partial charge in [-0.05, 0) is 47.5 Å². The lowest BCUT2D eigenvalue weighted by Crippen LogP contribution is -2.26. The van der Waals surface area contributed by atoms with Gasteiger partial charge in [0.25, 0.3) is 5.91 Å². The summed E-state index contributed by atoms with van der Waals surface area (Å²) in [7, 11) is 1.60. The molecule has 0 aliphatic heterocycles. The summed E-state index contributed by atoms with van der Waals surface area (Å²) in [6.45, 7) is 2.03. The van der Waals surface area contributed by atoms with Crippen molar-refractivity contribution >= 4 is 28.3 Å². The number of carbonyl (C=O) groups excluding carboxylic acids is 2. The maximum atomic E-state index is 12.4. The number of methoxy groups -OCH3 is 1. The first kappa shape index (κ1) is 20.9. The number of nitrogens with one attached hydrogen (secondary N) is 2. The predicted octanol–water partition coefficient (Wildman–Crippen LogP) is 3.37. The van der Waals surface area contributed by atoms with Gasteiger partial charge in [-0.3, -0.25) is 9.59 Å². The van der Waals surface area contributed by atoms with E-state index in [1.54, 1.807) is 20.1 Å². The Hall–Kier alpha value is -3.87. The molecule has 7 heteroatoms.